The molecule has 1 aliphatic heterocycles. The van der Waals surface area contributed by atoms with E-state index in [-0.39, 0.29) is 36.9 Å². The molecule has 1 N–H and O–H groups in total. The minimum atomic E-state index is -0.448. The lowest BCUT2D eigenvalue weighted by Crippen LogP contribution is -2.34. The predicted octanol–water partition coefficient (Wildman–Crippen LogP) is 2.82. The van der Waals surface area contributed by atoms with Gasteiger partial charge in [0, 0.05) is 36.4 Å². The molecule has 2 aromatic carbocycles. The maximum atomic E-state index is 13.0. The van der Waals surface area contributed by atoms with E-state index >= 15 is 0 Å². The lowest BCUT2D eigenvalue weighted by molar-refractivity contribution is -0.126. The van der Waals surface area contributed by atoms with Crippen molar-refractivity contribution in [1.82, 2.24) is 20.1 Å². The van der Waals surface area contributed by atoms with Gasteiger partial charge in [-0.15, -0.1) is 0 Å². The lowest BCUT2D eigenvalue weighted by Gasteiger charge is -2.17. The number of benzene rings is 2. The Balaban J connectivity index is 1.34. The monoisotopic (exact) mass is 467 g/mol. The third-order valence-electron chi connectivity index (χ3n) is 6.27. The number of pyridine rings is 1. The van der Waals surface area contributed by atoms with Gasteiger partial charge in [0.05, 0.1) is 30.1 Å². The van der Waals surface area contributed by atoms with Crippen molar-refractivity contribution in [1.29, 1.82) is 0 Å². The molecule has 0 saturated carbocycles. The van der Waals surface area contributed by atoms with Gasteiger partial charge in [-0.2, -0.15) is 5.10 Å². The topological polar surface area (TPSA) is 97.2 Å². The number of hydrogen-bond donors (Lipinski definition) is 1. The molecule has 8 nitrogen and oxygen atoms in total. The van der Waals surface area contributed by atoms with Crippen LogP contribution in [0.1, 0.15) is 23.2 Å². The third-order valence-corrected chi connectivity index (χ3v) is 6.27. The number of nitrogens with one attached hydrogen (secondary N) is 1. The van der Waals surface area contributed by atoms with Crippen molar-refractivity contribution in [3.63, 3.8) is 0 Å². The lowest BCUT2D eigenvalue weighted by atomic mass is 10.1. The maximum Gasteiger partial charge on any atom is 0.274 e. The van der Waals surface area contributed by atoms with Gasteiger partial charge in [0.15, 0.2) is 0 Å². The molecule has 4 aromatic rings. The van der Waals surface area contributed by atoms with E-state index in [0.29, 0.717) is 23.0 Å². The molecule has 2 aromatic heterocycles. The second-order valence-electron chi connectivity index (χ2n) is 8.78. The van der Waals surface area contributed by atoms with E-state index in [2.05, 4.69) is 15.4 Å². The van der Waals surface area contributed by atoms with Gasteiger partial charge in [-0.25, -0.2) is 4.68 Å². The summed E-state index contributed by atoms with van der Waals surface area (Å²) in [6.45, 7) is 2.76. The van der Waals surface area contributed by atoms with Gasteiger partial charge in [-0.1, -0.05) is 42.0 Å². The van der Waals surface area contributed by atoms with E-state index in [4.69, 9.17) is 0 Å². The number of carbonyl (C=O) groups is 2. The number of nitrogens with zero attached hydrogens (tertiary/aromatic N) is 4. The molecule has 1 saturated heterocycles. The Hall–Kier alpha value is -4.33. The summed E-state index contributed by atoms with van der Waals surface area (Å²) >= 11 is 0. The molecule has 5 rings (SSSR count). The Morgan fingerprint density at radius 3 is 2.54 bits per heavy atom. The summed E-state index contributed by atoms with van der Waals surface area (Å²) in [6, 6.07) is 18.6. The summed E-state index contributed by atoms with van der Waals surface area (Å²) in [5, 5.41) is 8.74. The minimum absolute atomic E-state index is 0.0670. The zero-order chi connectivity index (χ0) is 24.4. The van der Waals surface area contributed by atoms with E-state index in [1.165, 1.54) is 4.68 Å². The zero-order valence-corrected chi connectivity index (χ0v) is 19.3. The molecule has 3 heterocycles. The van der Waals surface area contributed by atoms with Gasteiger partial charge in [0.25, 0.3) is 5.56 Å². The van der Waals surface area contributed by atoms with Crippen LogP contribution < -0.4 is 15.8 Å². The molecule has 35 heavy (non-hydrogen) atoms. The molecule has 0 aliphatic carbocycles. The first-order valence-electron chi connectivity index (χ1n) is 11.5. The average molecular weight is 468 g/mol. The van der Waals surface area contributed by atoms with Crippen LogP contribution in [0.4, 0.5) is 5.69 Å². The first-order valence-corrected chi connectivity index (χ1v) is 11.5. The van der Waals surface area contributed by atoms with E-state index < -0.39 is 5.92 Å². The van der Waals surface area contributed by atoms with Crippen molar-refractivity contribution >= 4 is 28.3 Å². The highest BCUT2D eigenvalue weighted by Gasteiger charge is 2.35. The molecular weight excluding hydrogens is 442 g/mol. The van der Waals surface area contributed by atoms with Gasteiger partial charge < -0.3 is 10.2 Å². The van der Waals surface area contributed by atoms with Crippen LogP contribution in [-0.4, -0.2) is 33.1 Å². The molecule has 1 atom stereocenters. The summed E-state index contributed by atoms with van der Waals surface area (Å²) in [6.07, 6.45) is 3.53. The van der Waals surface area contributed by atoms with Crippen molar-refractivity contribution in [3.8, 4) is 0 Å². The first-order chi connectivity index (χ1) is 17.0. The second kappa shape index (κ2) is 9.50. The van der Waals surface area contributed by atoms with E-state index in [0.717, 1.165) is 16.8 Å². The third kappa shape index (κ3) is 4.68. The van der Waals surface area contributed by atoms with Crippen LogP contribution in [0, 0.1) is 12.8 Å². The molecule has 1 unspecified atom stereocenters. The zero-order valence-electron chi connectivity index (χ0n) is 19.3. The number of rotatable bonds is 6. The standard InChI is InChI=1S/C27H25N5O3/c1-18-8-10-21(11-9-18)31-17-20(13-25(31)33)26(34)29-15-24-22-6-2-3-7-23(22)27(35)32(30-24)16-19-5-4-12-28-14-19/h2-12,14,20H,13,15-17H2,1H3,(H,29,34). The first kappa shape index (κ1) is 22.5. The number of hydrogen-bond acceptors (Lipinski definition) is 5. The number of fused-ring (bicyclic) bond motifs is 1. The molecule has 2 amide bonds. The molecule has 8 heteroatoms. The summed E-state index contributed by atoms with van der Waals surface area (Å²) < 4.78 is 1.40. The fourth-order valence-electron chi connectivity index (χ4n) is 4.38. The van der Waals surface area contributed by atoms with Crippen LogP contribution in [0.5, 0.6) is 0 Å². The van der Waals surface area contributed by atoms with Gasteiger partial charge >= 0.3 is 0 Å². The molecule has 0 radical (unpaired) electrons. The number of amides is 2. The smallest absolute Gasteiger partial charge is 0.274 e. The number of aryl methyl sites for hydroxylation is 1. The Morgan fingerprint density at radius 2 is 1.80 bits per heavy atom. The molecular formula is C27H25N5O3. The highest BCUT2D eigenvalue weighted by molar-refractivity contribution is 6.00. The van der Waals surface area contributed by atoms with Crippen molar-refractivity contribution in [2.24, 2.45) is 5.92 Å². The van der Waals surface area contributed by atoms with Crippen LogP contribution in [0.3, 0.4) is 0 Å². The van der Waals surface area contributed by atoms with Crippen LogP contribution >= 0.6 is 0 Å². The van der Waals surface area contributed by atoms with Crippen LogP contribution in [-0.2, 0) is 22.7 Å². The normalized spacial score (nSPS) is 15.5. The Morgan fingerprint density at radius 1 is 1.03 bits per heavy atom. The summed E-state index contributed by atoms with van der Waals surface area (Å²) in [4.78, 5) is 44.3. The van der Waals surface area contributed by atoms with Gasteiger partial charge in [0.1, 0.15) is 0 Å². The predicted molar refractivity (Wildman–Crippen MR) is 133 cm³/mol. The summed E-state index contributed by atoms with van der Waals surface area (Å²) in [5.41, 5.74) is 3.16. The average Bonchev–Trinajstić information content (AvgIpc) is 3.27. The molecule has 176 valence electrons. The van der Waals surface area contributed by atoms with E-state index in [9.17, 15) is 14.4 Å². The summed E-state index contributed by atoms with van der Waals surface area (Å²) in [7, 11) is 0. The molecule has 1 fully saturated rings. The Labute approximate surface area is 202 Å². The quantitative estimate of drug-likeness (QED) is 0.470. The van der Waals surface area contributed by atoms with E-state index in [1.54, 1.807) is 23.4 Å². The largest absolute Gasteiger partial charge is 0.350 e. The number of carbonyl (C=O) groups excluding carboxylic acids is 2. The van der Waals surface area contributed by atoms with Crippen molar-refractivity contribution in [2.75, 3.05) is 11.4 Å². The summed E-state index contributed by atoms with van der Waals surface area (Å²) in [5.74, 6) is -0.720. The molecule has 0 bridgehead atoms. The fourth-order valence-corrected chi connectivity index (χ4v) is 4.38. The highest BCUT2D eigenvalue weighted by atomic mass is 16.2. The number of anilines is 1. The Bertz CT molecular complexity index is 1450. The van der Waals surface area contributed by atoms with Gasteiger partial charge in [0.2, 0.25) is 11.8 Å². The van der Waals surface area contributed by atoms with Crippen LogP contribution in [0.25, 0.3) is 10.8 Å². The van der Waals surface area contributed by atoms with Crippen molar-refractivity contribution < 1.29 is 9.59 Å². The van der Waals surface area contributed by atoms with Gasteiger partial charge in [-0.3, -0.25) is 19.4 Å². The SMILES string of the molecule is Cc1ccc(N2CC(C(=O)NCc3nn(Cc4cccnc4)c(=O)c4ccccc34)CC2=O)cc1. The van der Waals surface area contributed by atoms with Gasteiger partial charge in [-0.05, 0) is 36.8 Å². The minimum Gasteiger partial charge on any atom is -0.350 e. The Kier molecular flexibility index (Phi) is 6.10. The second-order valence-corrected chi connectivity index (χ2v) is 8.78. The fraction of sp³-hybridized carbons (Fsp3) is 0.222. The maximum absolute atomic E-state index is 13.0. The number of aromatic nitrogens is 3. The van der Waals surface area contributed by atoms with Crippen LogP contribution in [0.15, 0.2) is 77.9 Å². The highest BCUT2D eigenvalue weighted by Crippen LogP contribution is 2.25. The van der Waals surface area contributed by atoms with Crippen LogP contribution in [0.2, 0.25) is 0 Å². The van der Waals surface area contributed by atoms with Crippen molar-refractivity contribution in [2.45, 2.75) is 26.4 Å². The van der Waals surface area contributed by atoms with Crippen molar-refractivity contribution in [3.05, 3.63) is 100 Å². The molecule has 0 spiro atoms. The molecule has 1 aliphatic rings. The van der Waals surface area contributed by atoms with E-state index in [1.807, 2.05) is 61.5 Å².